The van der Waals surface area contributed by atoms with Gasteiger partial charge in [0.15, 0.2) is 17.7 Å². The zero-order valence-electron chi connectivity index (χ0n) is 19.7. The van der Waals surface area contributed by atoms with E-state index >= 15 is 0 Å². The maximum Gasteiger partial charge on any atom is 0.166 e. The summed E-state index contributed by atoms with van der Waals surface area (Å²) in [6, 6.07) is 16.0. The fourth-order valence-electron chi connectivity index (χ4n) is 4.98. The second kappa shape index (κ2) is 8.39. The van der Waals surface area contributed by atoms with Gasteiger partial charge in [-0.25, -0.2) is 15.0 Å². The maximum atomic E-state index is 9.86. The van der Waals surface area contributed by atoms with E-state index in [0.29, 0.717) is 11.2 Å². The molecule has 1 N–H and O–H groups in total. The van der Waals surface area contributed by atoms with Crippen LogP contribution in [0.1, 0.15) is 20.1 Å². The Morgan fingerprint density at radius 1 is 0.971 bits per heavy atom. The Morgan fingerprint density at radius 2 is 1.71 bits per heavy atom. The van der Waals surface area contributed by atoms with E-state index in [4.69, 9.17) is 18.9 Å². The third kappa shape index (κ3) is 3.68. The van der Waals surface area contributed by atoms with Crippen LogP contribution in [0.3, 0.4) is 0 Å². The van der Waals surface area contributed by atoms with E-state index in [1.54, 1.807) is 13.4 Å². The Bertz CT molecular complexity index is 1370. The first kappa shape index (κ1) is 22.1. The molecule has 0 spiro atoms. The van der Waals surface area contributed by atoms with Gasteiger partial charge in [0.2, 0.25) is 0 Å². The SMILES string of the molecule is COc1ccc(-c2ccccc2-c2ncnc3c2ncn3C2OC(CO)C3OC(C)(C)OC32)cc1. The molecule has 9 nitrogen and oxygen atoms in total. The molecule has 35 heavy (non-hydrogen) atoms. The fraction of sp³-hybridized carbons (Fsp3) is 0.346. The monoisotopic (exact) mass is 474 g/mol. The predicted octanol–water partition coefficient (Wildman–Crippen LogP) is 3.58. The van der Waals surface area contributed by atoms with Crippen molar-refractivity contribution in [3.05, 3.63) is 61.2 Å². The van der Waals surface area contributed by atoms with Gasteiger partial charge in [-0.05, 0) is 37.1 Å². The third-order valence-electron chi connectivity index (χ3n) is 6.52. The van der Waals surface area contributed by atoms with Crippen molar-refractivity contribution in [1.82, 2.24) is 19.5 Å². The van der Waals surface area contributed by atoms with Gasteiger partial charge in [-0.2, -0.15) is 0 Å². The molecule has 4 aromatic rings. The first-order valence-corrected chi connectivity index (χ1v) is 11.5. The average molecular weight is 475 g/mol. The zero-order valence-corrected chi connectivity index (χ0v) is 19.7. The Labute approximate surface area is 202 Å². The van der Waals surface area contributed by atoms with Crippen LogP contribution in [0.4, 0.5) is 0 Å². The van der Waals surface area contributed by atoms with Crippen molar-refractivity contribution in [3.63, 3.8) is 0 Å². The molecule has 2 aliphatic rings. The minimum Gasteiger partial charge on any atom is -0.497 e. The first-order chi connectivity index (χ1) is 17.0. The van der Waals surface area contributed by atoms with Crippen LogP contribution in [0.5, 0.6) is 5.75 Å². The summed E-state index contributed by atoms with van der Waals surface area (Å²) in [6.07, 6.45) is 1.41. The van der Waals surface area contributed by atoms with E-state index in [1.165, 1.54) is 6.33 Å². The summed E-state index contributed by atoms with van der Waals surface area (Å²) in [5.41, 5.74) is 5.00. The summed E-state index contributed by atoms with van der Waals surface area (Å²) in [4.78, 5) is 13.8. The number of aromatic nitrogens is 4. The number of ether oxygens (including phenoxy) is 4. The number of fused-ring (bicyclic) bond motifs is 2. The van der Waals surface area contributed by atoms with Crippen molar-refractivity contribution < 1.29 is 24.1 Å². The van der Waals surface area contributed by atoms with E-state index in [0.717, 1.165) is 28.1 Å². The van der Waals surface area contributed by atoms with Crippen LogP contribution >= 0.6 is 0 Å². The molecule has 180 valence electrons. The molecule has 4 unspecified atom stereocenters. The highest BCUT2D eigenvalue weighted by atomic mass is 16.8. The summed E-state index contributed by atoms with van der Waals surface area (Å²) in [5.74, 6) is 0.0326. The molecule has 0 amide bonds. The molecule has 0 bridgehead atoms. The number of hydrogen-bond acceptors (Lipinski definition) is 8. The fourth-order valence-corrected chi connectivity index (χ4v) is 4.98. The van der Waals surface area contributed by atoms with Gasteiger partial charge in [-0.3, -0.25) is 4.57 Å². The molecule has 4 heterocycles. The Kier molecular flexibility index (Phi) is 5.30. The lowest BCUT2D eigenvalue weighted by Crippen LogP contribution is -2.31. The summed E-state index contributed by atoms with van der Waals surface area (Å²) in [6.45, 7) is 3.55. The predicted molar refractivity (Wildman–Crippen MR) is 128 cm³/mol. The van der Waals surface area contributed by atoms with Crippen molar-refractivity contribution in [3.8, 4) is 28.1 Å². The topological polar surface area (TPSA) is 101 Å². The van der Waals surface area contributed by atoms with Crippen LogP contribution in [0.15, 0.2) is 61.2 Å². The number of aliphatic hydroxyl groups excluding tert-OH is 1. The summed E-state index contributed by atoms with van der Waals surface area (Å²) in [5, 5.41) is 9.86. The van der Waals surface area contributed by atoms with Crippen molar-refractivity contribution in [2.45, 2.75) is 44.2 Å². The first-order valence-electron chi connectivity index (χ1n) is 11.5. The highest BCUT2D eigenvalue weighted by Gasteiger charge is 2.56. The molecule has 2 aromatic heterocycles. The lowest BCUT2D eigenvalue weighted by atomic mass is 9.97. The van der Waals surface area contributed by atoms with Crippen molar-refractivity contribution in [2.24, 2.45) is 0 Å². The van der Waals surface area contributed by atoms with Crippen LogP contribution in [-0.2, 0) is 14.2 Å². The Hall–Kier alpha value is -3.37. The normalized spacial score (nSPS) is 25.1. The summed E-state index contributed by atoms with van der Waals surface area (Å²) in [7, 11) is 1.65. The minimum atomic E-state index is -0.765. The van der Waals surface area contributed by atoms with Gasteiger partial charge in [0.1, 0.15) is 41.6 Å². The Balaban J connectivity index is 1.43. The highest BCUT2D eigenvalue weighted by Crippen LogP contribution is 2.44. The van der Waals surface area contributed by atoms with Crippen LogP contribution in [0.2, 0.25) is 0 Å². The lowest BCUT2D eigenvalue weighted by Gasteiger charge is -2.24. The standard InChI is InChI=1S/C26H26N4O5/c1-26(2)34-22-19(12-31)33-25(23(22)35-26)30-14-29-21-20(27-13-28-24(21)30)18-7-5-4-6-17(18)15-8-10-16(32-3)11-9-15/h4-11,13-14,19,22-23,25,31H,12H2,1-3H3. The van der Waals surface area contributed by atoms with Crippen LogP contribution in [0, 0.1) is 0 Å². The largest absolute Gasteiger partial charge is 0.497 e. The second-order valence-electron chi connectivity index (χ2n) is 9.13. The average Bonchev–Trinajstić information content (AvgIpc) is 3.54. The Morgan fingerprint density at radius 3 is 2.46 bits per heavy atom. The van der Waals surface area contributed by atoms with Crippen LogP contribution < -0.4 is 4.74 Å². The minimum absolute atomic E-state index is 0.167. The van der Waals surface area contributed by atoms with Gasteiger partial charge >= 0.3 is 0 Å². The molecule has 6 rings (SSSR count). The molecule has 0 saturated carbocycles. The number of imidazole rings is 1. The van der Waals surface area contributed by atoms with Crippen molar-refractivity contribution in [1.29, 1.82) is 0 Å². The van der Waals surface area contributed by atoms with Crippen molar-refractivity contribution in [2.75, 3.05) is 13.7 Å². The molecular formula is C26H26N4O5. The summed E-state index contributed by atoms with van der Waals surface area (Å²) < 4.78 is 25.4. The van der Waals surface area contributed by atoms with E-state index in [2.05, 4.69) is 21.0 Å². The quantitative estimate of drug-likeness (QED) is 0.469. The number of aliphatic hydroxyl groups is 1. The van der Waals surface area contributed by atoms with Gasteiger partial charge in [0.05, 0.1) is 20.0 Å². The third-order valence-corrected chi connectivity index (χ3v) is 6.52. The van der Waals surface area contributed by atoms with Crippen molar-refractivity contribution >= 4 is 11.2 Å². The van der Waals surface area contributed by atoms with Gasteiger partial charge in [0.25, 0.3) is 0 Å². The number of hydrogen-bond donors (Lipinski definition) is 1. The number of methoxy groups -OCH3 is 1. The maximum absolute atomic E-state index is 9.86. The second-order valence-corrected chi connectivity index (χ2v) is 9.13. The summed E-state index contributed by atoms with van der Waals surface area (Å²) >= 11 is 0. The molecule has 0 radical (unpaired) electrons. The van der Waals surface area contributed by atoms with Crippen LogP contribution in [-0.4, -0.2) is 62.4 Å². The molecule has 0 aliphatic carbocycles. The lowest BCUT2D eigenvalue weighted by molar-refractivity contribution is -0.199. The number of rotatable bonds is 5. The van der Waals surface area contributed by atoms with E-state index < -0.39 is 24.2 Å². The molecular weight excluding hydrogens is 448 g/mol. The van der Waals surface area contributed by atoms with Gasteiger partial charge in [-0.1, -0.05) is 36.4 Å². The van der Waals surface area contributed by atoms with Gasteiger partial charge < -0.3 is 24.1 Å². The number of nitrogens with zero attached hydrogens (tertiary/aromatic N) is 4. The zero-order chi connectivity index (χ0) is 24.2. The smallest absolute Gasteiger partial charge is 0.166 e. The van der Waals surface area contributed by atoms with Crippen LogP contribution in [0.25, 0.3) is 33.5 Å². The molecule has 2 aromatic carbocycles. The van der Waals surface area contributed by atoms with Gasteiger partial charge in [0, 0.05) is 5.56 Å². The van der Waals surface area contributed by atoms with Gasteiger partial charge in [-0.15, -0.1) is 0 Å². The molecule has 4 atom stereocenters. The van der Waals surface area contributed by atoms with E-state index in [1.807, 2.05) is 60.9 Å². The molecule has 2 aliphatic heterocycles. The molecule has 2 fully saturated rings. The van der Waals surface area contributed by atoms with E-state index in [9.17, 15) is 5.11 Å². The highest BCUT2D eigenvalue weighted by molar-refractivity contribution is 5.93. The molecule has 2 saturated heterocycles. The van der Waals surface area contributed by atoms with E-state index in [-0.39, 0.29) is 12.7 Å². The number of benzene rings is 2. The molecule has 9 heteroatoms.